The van der Waals surface area contributed by atoms with E-state index in [4.69, 9.17) is 37.7 Å². The number of hydrogen-bond donors (Lipinski definition) is 1. The van der Waals surface area contributed by atoms with E-state index in [0.29, 0.717) is 20.9 Å². The Balaban J connectivity index is 1.50. The molecule has 1 aliphatic heterocycles. The van der Waals surface area contributed by atoms with E-state index < -0.39 is 6.10 Å². The van der Waals surface area contributed by atoms with Crippen molar-refractivity contribution in [3.63, 3.8) is 0 Å². The number of thiazole rings is 1. The molecule has 0 radical (unpaired) electrons. The van der Waals surface area contributed by atoms with Gasteiger partial charge in [-0.2, -0.15) is 0 Å². The van der Waals surface area contributed by atoms with Gasteiger partial charge in [0, 0.05) is 35.1 Å². The number of morpholine rings is 1. The first-order chi connectivity index (χ1) is 15.5. The zero-order valence-corrected chi connectivity index (χ0v) is 19.8. The third-order valence-corrected chi connectivity index (χ3v) is 6.50. The lowest BCUT2D eigenvalue weighted by Crippen LogP contribution is -2.35. The molecule has 1 saturated heterocycles. The molecular formula is C23H23Cl2N3O3S. The maximum absolute atomic E-state index is 12.8. The largest absolute Gasteiger partial charge is 0.479 e. The number of rotatable bonds is 7. The van der Waals surface area contributed by atoms with Crippen LogP contribution in [0.1, 0.15) is 11.8 Å². The molecule has 1 atom stereocenters. The molecule has 3 aromatic rings. The van der Waals surface area contributed by atoms with Crippen molar-refractivity contribution in [2.75, 3.05) is 31.6 Å². The van der Waals surface area contributed by atoms with Crippen molar-refractivity contribution in [3.8, 4) is 17.0 Å². The van der Waals surface area contributed by atoms with Crippen LogP contribution in [-0.2, 0) is 16.1 Å². The number of nitrogens with zero attached hydrogens (tertiary/aromatic N) is 2. The van der Waals surface area contributed by atoms with Crippen LogP contribution < -0.4 is 10.1 Å². The van der Waals surface area contributed by atoms with Gasteiger partial charge in [0.1, 0.15) is 5.75 Å². The predicted molar refractivity (Wildman–Crippen MR) is 129 cm³/mol. The molecular weight excluding hydrogens is 469 g/mol. The minimum atomic E-state index is -0.763. The smallest absolute Gasteiger partial charge is 0.266 e. The van der Waals surface area contributed by atoms with Gasteiger partial charge in [-0.3, -0.25) is 15.0 Å². The number of halogens is 2. The molecule has 2 heterocycles. The highest BCUT2D eigenvalue weighted by atomic mass is 35.5. The van der Waals surface area contributed by atoms with E-state index in [9.17, 15) is 4.79 Å². The van der Waals surface area contributed by atoms with Crippen molar-refractivity contribution in [1.82, 2.24) is 9.88 Å². The second kappa shape index (κ2) is 10.6. The van der Waals surface area contributed by atoms with Gasteiger partial charge in [0.15, 0.2) is 11.2 Å². The van der Waals surface area contributed by atoms with Gasteiger partial charge in [0.25, 0.3) is 5.91 Å². The van der Waals surface area contributed by atoms with E-state index in [-0.39, 0.29) is 5.91 Å². The number of amides is 1. The molecule has 0 aliphatic carbocycles. The van der Waals surface area contributed by atoms with Crippen molar-refractivity contribution in [2.24, 2.45) is 0 Å². The molecule has 1 amide bonds. The van der Waals surface area contributed by atoms with Crippen LogP contribution in [0.25, 0.3) is 11.3 Å². The van der Waals surface area contributed by atoms with Gasteiger partial charge in [-0.1, -0.05) is 64.9 Å². The number of hydrogen-bond acceptors (Lipinski definition) is 6. The topological polar surface area (TPSA) is 63.7 Å². The highest BCUT2D eigenvalue weighted by Crippen LogP contribution is 2.33. The molecule has 6 nitrogen and oxygen atoms in total. The summed E-state index contributed by atoms with van der Waals surface area (Å²) < 4.78 is 11.2. The van der Waals surface area contributed by atoms with Crippen LogP contribution in [0.5, 0.6) is 5.75 Å². The Bertz CT molecular complexity index is 1070. The van der Waals surface area contributed by atoms with Gasteiger partial charge in [-0.15, -0.1) is 0 Å². The number of carbonyl (C=O) groups excluding carboxylic acids is 1. The molecule has 1 fully saturated rings. The summed E-state index contributed by atoms with van der Waals surface area (Å²) in [7, 11) is 0. The number of benzene rings is 2. The molecule has 1 N–H and O–H groups in total. The molecule has 4 rings (SSSR count). The number of ether oxygens (including phenoxy) is 2. The third-order valence-electron chi connectivity index (χ3n) is 5.01. The van der Waals surface area contributed by atoms with Crippen LogP contribution in [0, 0.1) is 0 Å². The molecule has 1 aromatic heterocycles. The van der Waals surface area contributed by atoms with E-state index in [1.807, 2.05) is 30.3 Å². The molecule has 1 unspecified atom stereocenters. The maximum Gasteiger partial charge on any atom is 0.266 e. The Labute approximate surface area is 201 Å². The van der Waals surface area contributed by atoms with E-state index in [2.05, 4.69) is 10.2 Å². The SMILES string of the molecule is CC(Oc1ccc(Cl)cc1Cl)C(=O)Nc1nc(-c2ccccc2)c(CN2CCOCC2)s1. The Hall–Kier alpha value is -2.16. The Morgan fingerprint density at radius 2 is 1.97 bits per heavy atom. The van der Waals surface area contributed by atoms with Crippen LogP contribution in [0.2, 0.25) is 10.0 Å². The molecule has 9 heteroatoms. The molecule has 0 spiro atoms. The third kappa shape index (κ3) is 5.79. The Kier molecular flexibility index (Phi) is 7.65. The van der Waals surface area contributed by atoms with Gasteiger partial charge >= 0.3 is 0 Å². The summed E-state index contributed by atoms with van der Waals surface area (Å²) in [4.78, 5) is 20.9. The lowest BCUT2D eigenvalue weighted by molar-refractivity contribution is -0.122. The van der Waals surface area contributed by atoms with Crippen LogP contribution in [0.3, 0.4) is 0 Å². The minimum absolute atomic E-state index is 0.303. The highest BCUT2D eigenvalue weighted by molar-refractivity contribution is 7.16. The highest BCUT2D eigenvalue weighted by Gasteiger charge is 2.22. The summed E-state index contributed by atoms with van der Waals surface area (Å²) in [5, 5.41) is 4.28. The average Bonchev–Trinajstić information content (AvgIpc) is 3.18. The summed E-state index contributed by atoms with van der Waals surface area (Å²) in [6.45, 7) is 5.63. The van der Waals surface area contributed by atoms with E-state index in [1.54, 1.807) is 25.1 Å². The second-order valence-electron chi connectivity index (χ2n) is 7.37. The summed E-state index contributed by atoms with van der Waals surface area (Å²) >= 11 is 13.6. The zero-order valence-electron chi connectivity index (χ0n) is 17.5. The fraction of sp³-hybridized carbons (Fsp3) is 0.304. The molecule has 2 aromatic carbocycles. The summed E-state index contributed by atoms with van der Waals surface area (Å²) in [6.07, 6.45) is -0.763. The number of aromatic nitrogens is 1. The molecule has 32 heavy (non-hydrogen) atoms. The molecule has 1 aliphatic rings. The van der Waals surface area contributed by atoms with Gasteiger partial charge < -0.3 is 9.47 Å². The first-order valence-electron chi connectivity index (χ1n) is 10.3. The molecule has 0 bridgehead atoms. The zero-order chi connectivity index (χ0) is 22.5. The van der Waals surface area contributed by atoms with Crippen LogP contribution in [0.15, 0.2) is 48.5 Å². The number of nitrogens with one attached hydrogen (secondary N) is 1. The molecule has 168 valence electrons. The van der Waals surface area contributed by atoms with Crippen LogP contribution in [-0.4, -0.2) is 48.2 Å². The van der Waals surface area contributed by atoms with Gasteiger partial charge in [-0.05, 0) is 25.1 Å². The quantitative estimate of drug-likeness (QED) is 0.482. The normalized spacial score (nSPS) is 15.3. The van der Waals surface area contributed by atoms with Gasteiger partial charge in [0.2, 0.25) is 0 Å². The minimum Gasteiger partial charge on any atom is -0.479 e. The van der Waals surface area contributed by atoms with Crippen molar-refractivity contribution < 1.29 is 14.3 Å². The summed E-state index contributed by atoms with van der Waals surface area (Å²) in [5.74, 6) is 0.0955. The Morgan fingerprint density at radius 1 is 1.22 bits per heavy atom. The fourth-order valence-electron chi connectivity index (χ4n) is 3.32. The van der Waals surface area contributed by atoms with Crippen molar-refractivity contribution in [1.29, 1.82) is 0 Å². The van der Waals surface area contributed by atoms with Gasteiger partial charge in [0.05, 0.1) is 23.9 Å². The van der Waals surface area contributed by atoms with E-state index in [0.717, 1.165) is 49.0 Å². The average molecular weight is 492 g/mol. The summed E-state index contributed by atoms with van der Waals surface area (Å²) in [5.41, 5.74) is 1.90. The van der Waals surface area contributed by atoms with Crippen molar-refractivity contribution in [2.45, 2.75) is 19.6 Å². The first-order valence-corrected chi connectivity index (χ1v) is 11.8. The maximum atomic E-state index is 12.8. The second-order valence-corrected chi connectivity index (χ2v) is 9.30. The first kappa shape index (κ1) is 23.0. The molecule has 0 saturated carbocycles. The monoisotopic (exact) mass is 491 g/mol. The van der Waals surface area contributed by atoms with Gasteiger partial charge in [-0.25, -0.2) is 4.98 Å². The van der Waals surface area contributed by atoms with Crippen molar-refractivity contribution >= 4 is 45.6 Å². The lowest BCUT2D eigenvalue weighted by atomic mass is 10.1. The summed E-state index contributed by atoms with van der Waals surface area (Å²) in [6, 6.07) is 14.9. The fourth-order valence-corrected chi connectivity index (χ4v) is 4.80. The van der Waals surface area contributed by atoms with Crippen LogP contribution in [0.4, 0.5) is 5.13 Å². The van der Waals surface area contributed by atoms with Crippen LogP contribution >= 0.6 is 34.5 Å². The van der Waals surface area contributed by atoms with E-state index >= 15 is 0 Å². The van der Waals surface area contributed by atoms with Crippen molar-refractivity contribution in [3.05, 3.63) is 63.5 Å². The Morgan fingerprint density at radius 3 is 2.69 bits per heavy atom. The lowest BCUT2D eigenvalue weighted by Gasteiger charge is -2.26. The predicted octanol–water partition coefficient (Wildman–Crippen LogP) is 5.36. The standard InChI is InChI=1S/C23H23Cl2N3O3S/c1-15(31-19-8-7-17(24)13-18(19)25)22(29)27-23-26-21(16-5-3-2-4-6-16)20(32-23)14-28-9-11-30-12-10-28/h2-8,13,15H,9-12,14H2,1H3,(H,26,27,29). The number of anilines is 1. The number of carbonyl (C=O) groups is 1. The van der Waals surface area contributed by atoms with E-state index in [1.165, 1.54) is 11.3 Å².